The summed E-state index contributed by atoms with van der Waals surface area (Å²) in [7, 11) is 0. The van der Waals surface area contributed by atoms with Gasteiger partial charge in [-0.3, -0.25) is 0 Å². The lowest BCUT2D eigenvalue weighted by Gasteiger charge is -2.09. The molecule has 1 atom stereocenters. The molecule has 0 bridgehead atoms. The molecule has 0 saturated carbocycles. The van der Waals surface area contributed by atoms with Crippen LogP contribution in [-0.4, -0.2) is 14.9 Å². The highest BCUT2D eigenvalue weighted by molar-refractivity contribution is 9.09. The molecule has 1 aromatic rings. The highest BCUT2D eigenvalue weighted by atomic mass is 79.9. The van der Waals surface area contributed by atoms with Gasteiger partial charge in [-0.1, -0.05) is 22.9 Å². The van der Waals surface area contributed by atoms with Crippen LogP contribution >= 0.6 is 15.9 Å². The number of halogens is 1. The molecular formula is C9H15BrN2. The van der Waals surface area contributed by atoms with Gasteiger partial charge < -0.3 is 4.57 Å². The van der Waals surface area contributed by atoms with Gasteiger partial charge >= 0.3 is 0 Å². The Balaban J connectivity index is 2.69. The van der Waals surface area contributed by atoms with E-state index in [2.05, 4.69) is 39.3 Å². The summed E-state index contributed by atoms with van der Waals surface area (Å²) in [5.41, 5.74) is 2.42. The van der Waals surface area contributed by atoms with Gasteiger partial charge in [-0.2, -0.15) is 0 Å². The Bertz CT molecular complexity index is 255. The molecule has 1 rings (SSSR count). The minimum absolute atomic E-state index is 0.664. The summed E-state index contributed by atoms with van der Waals surface area (Å²) in [6.07, 6.45) is 1.92. The first-order valence-corrected chi connectivity index (χ1v) is 5.31. The van der Waals surface area contributed by atoms with E-state index in [1.165, 1.54) is 5.69 Å². The minimum atomic E-state index is 0.664. The van der Waals surface area contributed by atoms with Crippen LogP contribution in [0.3, 0.4) is 0 Å². The minimum Gasteiger partial charge on any atom is -0.334 e. The van der Waals surface area contributed by atoms with Crippen LogP contribution in [-0.2, 0) is 6.54 Å². The molecular weight excluding hydrogens is 216 g/mol. The van der Waals surface area contributed by atoms with Crippen molar-refractivity contribution < 1.29 is 0 Å². The molecule has 68 valence electrons. The SMILES string of the molecule is Cc1ncn(CC(C)CBr)c1C. The Labute approximate surface area is 82.1 Å². The predicted molar refractivity (Wildman–Crippen MR) is 54.7 cm³/mol. The summed E-state index contributed by atoms with van der Waals surface area (Å²) in [5.74, 6) is 0.664. The summed E-state index contributed by atoms with van der Waals surface area (Å²) >= 11 is 3.47. The molecule has 0 aromatic carbocycles. The number of hydrogen-bond acceptors (Lipinski definition) is 1. The van der Waals surface area contributed by atoms with E-state index in [0.717, 1.165) is 17.6 Å². The average Bonchev–Trinajstić information content (AvgIpc) is 2.36. The topological polar surface area (TPSA) is 17.8 Å². The second kappa shape index (κ2) is 4.08. The molecule has 12 heavy (non-hydrogen) atoms. The van der Waals surface area contributed by atoms with Crippen LogP contribution in [0, 0.1) is 19.8 Å². The van der Waals surface area contributed by atoms with Crippen molar-refractivity contribution in [3.63, 3.8) is 0 Å². The fraction of sp³-hybridized carbons (Fsp3) is 0.667. The molecule has 0 N–H and O–H groups in total. The quantitative estimate of drug-likeness (QED) is 0.731. The van der Waals surface area contributed by atoms with Gasteiger partial charge in [0.05, 0.1) is 12.0 Å². The summed E-state index contributed by atoms with van der Waals surface area (Å²) in [4.78, 5) is 4.25. The third-order valence-electron chi connectivity index (χ3n) is 2.12. The first kappa shape index (κ1) is 9.78. The molecule has 0 saturated heterocycles. The predicted octanol–water partition coefficient (Wildman–Crippen LogP) is 2.53. The number of rotatable bonds is 3. The number of aryl methyl sites for hydroxylation is 1. The normalized spacial score (nSPS) is 13.3. The lowest BCUT2D eigenvalue weighted by atomic mass is 10.2. The maximum absolute atomic E-state index is 4.25. The van der Waals surface area contributed by atoms with Gasteiger partial charge in [0.2, 0.25) is 0 Å². The van der Waals surface area contributed by atoms with Gasteiger partial charge in [0.15, 0.2) is 0 Å². The Morgan fingerprint density at radius 3 is 2.67 bits per heavy atom. The zero-order valence-electron chi connectivity index (χ0n) is 7.84. The zero-order chi connectivity index (χ0) is 9.14. The summed E-state index contributed by atoms with van der Waals surface area (Å²) in [6, 6.07) is 0. The standard InChI is InChI=1S/C9H15BrN2/c1-7(4-10)5-12-6-11-8(2)9(12)3/h6-7H,4-5H2,1-3H3. The van der Waals surface area contributed by atoms with Gasteiger partial charge in [0.1, 0.15) is 0 Å². The third kappa shape index (κ3) is 2.09. The second-order valence-electron chi connectivity index (χ2n) is 3.33. The van der Waals surface area contributed by atoms with Crippen molar-refractivity contribution in [1.82, 2.24) is 9.55 Å². The first-order valence-electron chi connectivity index (χ1n) is 4.19. The Hall–Kier alpha value is -0.310. The molecule has 1 aromatic heterocycles. The fourth-order valence-electron chi connectivity index (χ4n) is 1.11. The maximum Gasteiger partial charge on any atom is 0.0951 e. The molecule has 0 aliphatic rings. The van der Waals surface area contributed by atoms with Gasteiger partial charge in [0.25, 0.3) is 0 Å². The van der Waals surface area contributed by atoms with Crippen molar-refractivity contribution in [3.05, 3.63) is 17.7 Å². The highest BCUT2D eigenvalue weighted by Crippen LogP contribution is 2.09. The van der Waals surface area contributed by atoms with E-state index in [1.807, 2.05) is 13.3 Å². The molecule has 0 aliphatic heterocycles. The molecule has 1 unspecified atom stereocenters. The molecule has 0 spiro atoms. The van der Waals surface area contributed by atoms with Crippen molar-refractivity contribution in [1.29, 1.82) is 0 Å². The van der Waals surface area contributed by atoms with Crippen LogP contribution in [0.15, 0.2) is 6.33 Å². The number of hydrogen-bond donors (Lipinski definition) is 0. The first-order chi connectivity index (χ1) is 5.65. The van der Waals surface area contributed by atoms with Crippen molar-refractivity contribution in [3.8, 4) is 0 Å². The van der Waals surface area contributed by atoms with Crippen LogP contribution in [0.2, 0.25) is 0 Å². The largest absolute Gasteiger partial charge is 0.334 e. The monoisotopic (exact) mass is 230 g/mol. The van der Waals surface area contributed by atoms with Crippen LogP contribution in [0.25, 0.3) is 0 Å². The van der Waals surface area contributed by atoms with E-state index < -0.39 is 0 Å². The number of imidazole rings is 1. The molecule has 0 fully saturated rings. The summed E-state index contributed by atoms with van der Waals surface area (Å²) in [5, 5.41) is 1.05. The van der Waals surface area contributed by atoms with E-state index in [9.17, 15) is 0 Å². The van der Waals surface area contributed by atoms with Crippen LogP contribution < -0.4 is 0 Å². The van der Waals surface area contributed by atoms with E-state index in [-0.39, 0.29) is 0 Å². The smallest absolute Gasteiger partial charge is 0.0951 e. The van der Waals surface area contributed by atoms with Crippen molar-refractivity contribution >= 4 is 15.9 Å². The number of nitrogens with zero attached hydrogens (tertiary/aromatic N) is 2. The van der Waals surface area contributed by atoms with E-state index >= 15 is 0 Å². The fourth-order valence-corrected chi connectivity index (χ4v) is 1.32. The third-order valence-corrected chi connectivity index (χ3v) is 3.22. The van der Waals surface area contributed by atoms with Crippen molar-refractivity contribution in [2.24, 2.45) is 5.92 Å². The van der Waals surface area contributed by atoms with Crippen LogP contribution in [0.1, 0.15) is 18.3 Å². The van der Waals surface area contributed by atoms with E-state index in [1.54, 1.807) is 0 Å². The highest BCUT2D eigenvalue weighted by Gasteiger charge is 2.05. The Morgan fingerprint density at radius 1 is 1.58 bits per heavy atom. The molecule has 0 radical (unpaired) electrons. The number of alkyl halides is 1. The second-order valence-corrected chi connectivity index (χ2v) is 3.97. The molecule has 0 aliphatic carbocycles. The van der Waals surface area contributed by atoms with E-state index in [4.69, 9.17) is 0 Å². The maximum atomic E-state index is 4.25. The molecule has 1 heterocycles. The van der Waals surface area contributed by atoms with Gasteiger partial charge in [-0.25, -0.2) is 4.98 Å². The van der Waals surface area contributed by atoms with Crippen molar-refractivity contribution in [2.75, 3.05) is 5.33 Å². The Morgan fingerprint density at radius 2 is 2.25 bits per heavy atom. The summed E-state index contributed by atoms with van der Waals surface area (Å²) in [6.45, 7) is 7.44. The van der Waals surface area contributed by atoms with Gasteiger partial charge in [-0.05, 0) is 19.8 Å². The lowest BCUT2D eigenvalue weighted by Crippen LogP contribution is -2.08. The van der Waals surface area contributed by atoms with Crippen molar-refractivity contribution in [2.45, 2.75) is 27.3 Å². The number of aromatic nitrogens is 2. The van der Waals surface area contributed by atoms with Crippen LogP contribution in [0.5, 0.6) is 0 Å². The molecule has 3 heteroatoms. The average molecular weight is 231 g/mol. The van der Waals surface area contributed by atoms with E-state index in [0.29, 0.717) is 5.92 Å². The molecule has 0 amide bonds. The Kier molecular flexibility index (Phi) is 3.32. The lowest BCUT2D eigenvalue weighted by molar-refractivity contribution is 0.524. The van der Waals surface area contributed by atoms with Crippen LogP contribution in [0.4, 0.5) is 0 Å². The zero-order valence-corrected chi connectivity index (χ0v) is 9.43. The van der Waals surface area contributed by atoms with Gasteiger partial charge in [0, 0.05) is 17.6 Å². The summed E-state index contributed by atoms with van der Waals surface area (Å²) < 4.78 is 2.21. The molecule has 2 nitrogen and oxygen atoms in total. The van der Waals surface area contributed by atoms with Gasteiger partial charge in [-0.15, -0.1) is 0 Å².